The molecule has 0 atom stereocenters. The fourth-order valence-corrected chi connectivity index (χ4v) is 1.73. The monoisotopic (exact) mass is 284 g/mol. The highest BCUT2D eigenvalue weighted by atomic mass is 35.5. The van der Waals surface area contributed by atoms with Gasteiger partial charge in [-0.15, -0.1) is 0 Å². The van der Waals surface area contributed by atoms with E-state index < -0.39 is 0 Å². The number of hydrogen-bond acceptors (Lipinski definition) is 3. The summed E-state index contributed by atoms with van der Waals surface area (Å²) in [5.41, 5.74) is 6.31. The lowest BCUT2D eigenvalue weighted by molar-refractivity contribution is -0.121. The molecular weight excluding hydrogens is 264 g/mol. The van der Waals surface area contributed by atoms with E-state index in [1.165, 1.54) is 0 Å². The molecule has 0 aromatic heterocycles. The first kappa shape index (κ1) is 16.0. The van der Waals surface area contributed by atoms with Gasteiger partial charge in [-0.3, -0.25) is 4.79 Å². The van der Waals surface area contributed by atoms with Crippen LogP contribution >= 0.6 is 11.6 Å². The molecule has 1 rings (SSSR count). The van der Waals surface area contributed by atoms with Gasteiger partial charge in [0.05, 0.1) is 17.3 Å². The van der Waals surface area contributed by atoms with Crippen molar-refractivity contribution < 1.29 is 9.53 Å². The van der Waals surface area contributed by atoms with Crippen molar-refractivity contribution in [1.82, 2.24) is 0 Å². The first-order valence-corrected chi connectivity index (χ1v) is 6.79. The summed E-state index contributed by atoms with van der Waals surface area (Å²) in [7, 11) is 0. The molecule has 0 aliphatic rings. The predicted molar refractivity (Wildman–Crippen MR) is 78.4 cm³/mol. The number of carbonyl (C=O) groups is 1. The molecule has 3 N–H and O–H groups in total. The maximum atomic E-state index is 11.7. The molecule has 1 aromatic rings. The third-order valence-corrected chi connectivity index (χ3v) is 3.51. The Kier molecular flexibility index (Phi) is 6.28. The number of carbonyl (C=O) groups excluding carboxylic acids is 1. The SMILES string of the molecule is CCC(N)(CC)COCC(=O)Nc1ccccc1Cl. The topological polar surface area (TPSA) is 64.3 Å². The average Bonchev–Trinajstić information content (AvgIpc) is 2.41. The molecule has 0 aliphatic carbocycles. The van der Waals surface area contributed by atoms with Crippen LogP contribution in [0, 0.1) is 0 Å². The van der Waals surface area contributed by atoms with Gasteiger partial charge in [-0.25, -0.2) is 0 Å². The molecule has 106 valence electrons. The van der Waals surface area contributed by atoms with Crippen molar-refractivity contribution in [2.45, 2.75) is 32.2 Å². The normalized spacial score (nSPS) is 11.4. The van der Waals surface area contributed by atoms with Crippen molar-refractivity contribution >= 4 is 23.2 Å². The van der Waals surface area contributed by atoms with Crippen LogP contribution in [0.1, 0.15) is 26.7 Å². The van der Waals surface area contributed by atoms with Crippen LogP contribution in [0.3, 0.4) is 0 Å². The molecule has 0 spiro atoms. The number of hydrogen-bond donors (Lipinski definition) is 2. The van der Waals surface area contributed by atoms with Gasteiger partial charge in [-0.1, -0.05) is 37.6 Å². The standard InChI is InChI=1S/C14H21ClN2O2/c1-3-14(16,4-2)10-19-9-13(18)17-12-8-6-5-7-11(12)15/h5-8H,3-4,9-10,16H2,1-2H3,(H,17,18). The molecule has 0 aliphatic heterocycles. The van der Waals surface area contributed by atoms with Gasteiger partial charge in [-0.2, -0.15) is 0 Å². The summed E-state index contributed by atoms with van der Waals surface area (Å²) in [5, 5.41) is 3.20. The number of nitrogens with one attached hydrogen (secondary N) is 1. The Morgan fingerprint density at radius 2 is 2.00 bits per heavy atom. The Balaban J connectivity index is 2.39. The van der Waals surface area contributed by atoms with Crippen molar-refractivity contribution in [2.75, 3.05) is 18.5 Å². The van der Waals surface area contributed by atoms with Crippen molar-refractivity contribution in [3.05, 3.63) is 29.3 Å². The maximum Gasteiger partial charge on any atom is 0.250 e. The number of amides is 1. The van der Waals surface area contributed by atoms with Crippen LogP contribution < -0.4 is 11.1 Å². The van der Waals surface area contributed by atoms with Crippen molar-refractivity contribution in [2.24, 2.45) is 5.73 Å². The van der Waals surface area contributed by atoms with E-state index in [4.69, 9.17) is 22.1 Å². The van der Waals surface area contributed by atoms with E-state index in [9.17, 15) is 4.79 Å². The summed E-state index contributed by atoms with van der Waals surface area (Å²) in [6.07, 6.45) is 1.63. The van der Waals surface area contributed by atoms with Crippen LogP contribution in [0.2, 0.25) is 5.02 Å². The van der Waals surface area contributed by atoms with Crippen LogP contribution in [0.25, 0.3) is 0 Å². The van der Waals surface area contributed by atoms with Crippen LogP contribution in [-0.4, -0.2) is 24.7 Å². The van der Waals surface area contributed by atoms with E-state index in [0.717, 1.165) is 12.8 Å². The van der Waals surface area contributed by atoms with E-state index in [2.05, 4.69) is 5.32 Å². The molecule has 0 heterocycles. The van der Waals surface area contributed by atoms with Gasteiger partial charge in [0.15, 0.2) is 0 Å². The molecule has 4 nitrogen and oxygen atoms in total. The Bertz CT molecular complexity index is 420. The van der Waals surface area contributed by atoms with E-state index in [0.29, 0.717) is 17.3 Å². The summed E-state index contributed by atoms with van der Waals surface area (Å²) < 4.78 is 5.37. The van der Waals surface area contributed by atoms with Gasteiger partial charge in [0.1, 0.15) is 6.61 Å². The quantitative estimate of drug-likeness (QED) is 0.809. The molecule has 1 aromatic carbocycles. The lowest BCUT2D eigenvalue weighted by Crippen LogP contribution is -2.43. The average molecular weight is 285 g/mol. The Morgan fingerprint density at radius 3 is 2.58 bits per heavy atom. The number of nitrogens with two attached hydrogens (primary N) is 1. The Labute approximate surface area is 119 Å². The smallest absolute Gasteiger partial charge is 0.250 e. The van der Waals surface area contributed by atoms with Gasteiger partial charge in [0.2, 0.25) is 5.91 Å². The molecule has 0 radical (unpaired) electrons. The zero-order chi connectivity index (χ0) is 14.3. The highest BCUT2D eigenvalue weighted by molar-refractivity contribution is 6.33. The summed E-state index contributed by atoms with van der Waals surface area (Å²) in [5.74, 6) is -0.234. The van der Waals surface area contributed by atoms with E-state index in [1.54, 1.807) is 24.3 Å². The fraction of sp³-hybridized carbons (Fsp3) is 0.500. The third-order valence-electron chi connectivity index (χ3n) is 3.18. The van der Waals surface area contributed by atoms with Crippen LogP contribution in [-0.2, 0) is 9.53 Å². The third kappa shape index (κ3) is 5.19. The molecular formula is C14H21ClN2O2. The number of rotatable bonds is 7. The maximum absolute atomic E-state index is 11.7. The molecule has 0 bridgehead atoms. The second kappa shape index (κ2) is 7.48. The van der Waals surface area contributed by atoms with Crippen molar-refractivity contribution in [3.8, 4) is 0 Å². The summed E-state index contributed by atoms with van der Waals surface area (Å²) in [4.78, 5) is 11.7. The highest BCUT2D eigenvalue weighted by Crippen LogP contribution is 2.20. The van der Waals surface area contributed by atoms with Gasteiger partial charge >= 0.3 is 0 Å². The second-order valence-electron chi connectivity index (χ2n) is 4.59. The van der Waals surface area contributed by atoms with Gasteiger partial charge in [0, 0.05) is 5.54 Å². The van der Waals surface area contributed by atoms with Gasteiger partial charge in [-0.05, 0) is 25.0 Å². The van der Waals surface area contributed by atoms with E-state index in [-0.39, 0.29) is 18.1 Å². The molecule has 5 heteroatoms. The Hall–Kier alpha value is -1.10. The number of benzene rings is 1. The fourth-order valence-electron chi connectivity index (χ4n) is 1.55. The predicted octanol–water partition coefficient (Wildman–Crippen LogP) is 2.81. The minimum absolute atomic E-state index is 0.0236. The van der Waals surface area contributed by atoms with E-state index >= 15 is 0 Å². The van der Waals surface area contributed by atoms with Crippen molar-refractivity contribution in [1.29, 1.82) is 0 Å². The number of halogens is 1. The molecule has 19 heavy (non-hydrogen) atoms. The number of para-hydroxylation sites is 1. The zero-order valence-electron chi connectivity index (χ0n) is 11.4. The zero-order valence-corrected chi connectivity index (χ0v) is 12.2. The lowest BCUT2D eigenvalue weighted by Gasteiger charge is -2.26. The van der Waals surface area contributed by atoms with Crippen LogP contribution in [0.15, 0.2) is 24.3 Å². The highest BCUT2D eigenvalue weighted by Gasteiger charge is 2.20. The first-order valence-electron chi connectivity index (χ1n) is 6.41. The lowest BCUT2D eigenvalue weighted by atomic mass is 9.96. The largest absolute Gasteiger partial charge is 0.370 e. The molecule has 1 amide bonds. The Morgan fingerprint density at radius 1 is 1.37 bits per heavy atom. The summed E-state index contributed by atoms with van der Waals surface area (Å²) in [6.45, 7) is 4.37. The van der Waals surface area contributed by atoms with Crippen molar-refractivity contribution in [3.63, 3.8) is 0 Å². The molecule has 0 fully saturated rings. The van der Waals surface area contributed by atoms with Gasteiger partial charge in [0.25, 0.3) is 0 Å². The second-order valence-corrected chi connectivity index (χ2v) is 5.00. The molecule has 0 saturated heterocycles. The summed E-state index contributed by atoms with van der Waals surface area (Å²) in [6, 6.07) is 7.07. The molecule has 0 unspecified atom stereocenters. The van der Waals surface area contributed by atoms with Crippen LogP contribution in [0.5, 0.6) is 0 Å². The van der Waals surface area contributed by atoms with E-state index in [1.807, 2.05) is 13.8 Å². The minimum Gasteiger partial charge on any atom is -0.370 e. The number of ether oxygens (including phenoxy) is 1. The summed E-state index contributed by atoms with van der Waals surface area (Å²) >= 11 is 5.94. The van der Waals surface area contributed by atoms with Gasteiger partial charge < -0.3 is 15.8 Å². The first-order chi connectivity index (χ1) is 9.00. The molecule has 0 saturated carbocycles. The minimum atomic E-state index is -0.356. The van der Waals surface area contributed by atoms with Crippen LogP contribution in [0.4, 0.5) is 5.69 Å². The number of anilines is 1.